The zero-order valence-corrected chi connectivity index (χ0v) is 16.3. The van der Waals surface area contributed by atoms with Crippen LogP contribution in [0.5, 0.6) is 0 Å². The Labute approximate surface area is 154 Å². The second kappa shape index (κ2) is 6.81. The van der Waals surface area contributed by atoms with Crippen molar-refractivity contribution in [1.82, 2.24) is 0 Å². The molecule has 26 heavy (non-hydrogen) atoms. The van der Waals surface area contributed by atoms with Crippen LogP contribution in [0.1, 0.15) is 39.0 Å². The minimum atomic E-state index is -3.49. The minimum absolute atomic E-state index is 0.0299. The first-order valence-corrected chi connectivity index (χ1v) is 10.9. The quantitative estimate of drug-likeness (QED) is 0.554. The second-order valence-corrected chi connectivity index (χ2v) is 9.44. The Balaban J connectivity index is 1.95. The number of ether oxygens (including phenoxy) is 1. The van der Waals surface area contributed by atoms with Gasteiger partial charge >= 0.3 is 0 Å². The first-order valence-electron chi connectivity index (χ1n) is 9.03. The van der Waals surface area contributed by atoms with Crippen molar-refractivity contribution in [2.45, 2.75) is 56.1 Å². The predicted molar refractivity (Wildman–Crippen MR) is 99.3 cm³/mol. The smallest absolute Gasteiger partial charge is 0.293 e. The molecule has 0 aromatic heterocycles. The van der Waals surface area contributed by atoms with Crippen LogP contribution in [0.4, 0.5) is 11.4 Å². The van der Waals surface area contributed by atoms with Crippen molar-refractivity contribution in [3.63, 3.8) is 0 Å². The van der Waals surface area contributed by atoms with Gasteiger partial charge in [0.2, 0.25) is 0 Å². The Hall–Kier alpha value is -1.67. The van der Waals surface area contributed by atoms with E-state index < -0.39 is 14.8 Å². The van der Waals surface area contributed by atoms with Crippen LogP contribution < -0.4 is 4.90 Å². The van der Waals surface area contributed by atoms with E-state index in [4.69, 9.17) is 4.74 Å². The molecule has 1 spiro atoms. The van der Waals surface area contributed by atoms with Gasteiger partial charge in [0.15, 0.2) is 9.84 Å². The Morgan fingerprint density at radius 2 is 2.00 bits per heavy atom. The molecule has 2 aliphatic carbocycles. The number of anilines is 1. The van der Waals surface area contributed by atoms with Gasteiger partial charge in [-0.05, 0) is 38.3 Å². The van der Waals surface area contributed by atoms with E-state index in [-0.39, 0.29) is 28.1 Å². The summed E-state index contributed by atoms with van der Waals surface area (Å²) in [5, 5.41) is 11.6. The molecule has 7 nitrogen and oxygen atoms in total. The molecule has 0 radical (unpaired) electrons. The molecule has 2 saturated carbocycles. The number of sulfone groups is 1. The van der Waals surface area contributed by atoms with E-state index in [2.05, 4.69) is 0 Å². The van der Waals surface area contributed by atoms with Crippen LogP contribution in [0.3, 0.4) is 0 Å². The van der Waals surface area contributed by atoms with E-state index in [0.29, 0.717) is 12.3 Å². The first-order chi connectivity index (χ1) is 12.2. The van der Waals surface area contributed by atoms with Gasteiger partial charge in [-0.2, -0.15) is 0 Å². The molecular weight excluding hydrogens is 356 g/mol. The van der Waals surface area contributed by atoms with Crippen molar-refractivity contribution in [3.8, 4) is 0 Å². The summed E-state index contributed by atoms with van der Waals surface area (Å²) in [5.41, 5.74) is 0.353. The van der Waals surface area contributed by atoms with Gasteiger partial charge < -0.3 is 9.64 Å². The summed E-state index contributed by atoms with van der Waals surface area (Å²) in [4.78, 5) is 13.0. The molecule has 0 heterocycles. The zero-order chi connectivity index (χ0) is 19.1. The van der Waals surface area contributed by atoms with Gasteiger partial charge in [0.1, 0.15) is 5.69 Å². The summed E-state index contributed by atoms with van der Waals surface area (Å²) in [6.07, 6.45) is 6.56. The molecule has 3 rings (SSSR count). The highest BCUT2D eigenvalue weighted by molar-refractivity contribution is 7.90. The number of hydrogen-bond donors (Lipinski definition) is 0. The Kier molecular flexibility index (Phi) is 5.00. The monoisotopic (exact) mass is 382 g/mol. The van der Waals surface area contributed by atoms with E-state index >= 15 is 0 Å². The predicted octanol–water partition coefficient (Wildman–Crippen LogP) is 3.17. The molecule has 144 valence electrons. The zero-order valence-electron chi connectivity index (χ0n) is 15.5. The van der Waals surface area contributed by atoms with Gasteiger partial charge in [-0.3, -0.25) is 10.1 Å². The lowest BCUT2D eigenvalue weighted by Crippen LogP contribution is -2.63. The molecule has 2 atom stereocenters. The van der Waals surface area contributed by atoms with E-state index in [1.54, 1.807) is 6.07 Å². The molecule has 0 amide bonds. The largest absolute Gasteiger partial charge is 0.378 e. The third kappa shape index (κ3) is 3.09. The fraction of sp³-hybridized carbons (Fsp3) is 0.667. The topological polar surface area (TPSA) is 89.8 Å². The van der Waals surface area contributed by atoms with Gasteiger partial charge in [-0.15, -0.1) is 0 Å². The lowest BCUT2D eigenvalue weighted by atomic mass is 9.60. The maximum atomic E-state index is 11.8. The number of hydrogen-bond acceptors (Lipinski definition) is 6. The van der Waals surface area contributed by atoms with Crippen molar-refractivity contribution < 1.29 is 18.1 Å². The van der Waals surface area contributed by atoms with Gasteiger partial charge in [-0.1, -0.05) is 12.8 Å². The average Bonchev–Trinajstić information content (AvgIpc) is 3.09. The lowest BCUT2D eigenvalue weighted by Gasteiger charge is -2.57. The Bertz CT molecular complexity index is 802. The van der Waals surface area contributed by atoms with Crippen molar-refractivity contribution in [2.75, 3.05) is 24.8 Å². The molecule has 2 unspecified atom stereocenters. The third-order valence-corrected chi connectivity index (χ3v) is 7.17. The molecule has 0 N–H and O–H groups in total. The number of nitro groups is 1. The summed E-state index contributed by atoms with van der Waals surface area (Å²) in [5.74, 6) is 0. The Morgan fingerprint density at radius 3 is 2.54 bits per heavy atom. The highest BCUT2D eigenvalue weighted by atomic mass is 32.2. The van der Waals surface area contributed by atoms with Gasteiger partial charge in [0.05, 0.1) is 15.9 Å². The number of rotatable bonds is 6. The summed E-state index contributed by atoms with van der Waals surface area (Å²) in [7, 11) is -1.62. The Morgan fingerprint density at radius 1 is 1.35 bits per heavy atom. The van der Waals surface area contributed by atoms with Crippen LogP contribution in [0.2, 0.25) is 0 Å². The molecule has 1 aromatic carbocycles. The van der Waals surface area contributed by atoms with Crippen LogP contribution in [0, 0.1) is 15.5 Å². The lowest BCUT2D eigenvalue weighted by molar-refractivity contribution is -0.384. The van der Waals surface area contributed by atoms with Crippen LogP contribution in [-0.2, 0) is 14.6 Å². The molecule has 2 aliphatic rings. The van der Waals surface area contributed by atoms with E-state index in [1.165, 1.54) is 12.1 Å². The van der Waals surface area contributed by atoms with Crippen molar-refractivity contribution in [3.05, 3.63) is 28.3 Å². The SMILES string of the molecule is CCOC1CC(N(C)c2ccc(S(C)(=O)=O)cc2[N+](=O)[O-])C12CCCC2. The fourth-order valence-corrected chi connectivity index (χ4v) is 5.38. The maximum Gasteiger partial charge on any atom is 0.293 e. The van der Waals surface area contributed by atoms with Gasteiger partial charge in [0, 0.05) is 37.4 Å². The third-order valence-electron chi connectivity index (χ3n) is 6.06. The van der Waals surface area contributed by atoms with Crippen LogP contribution >= 0.6 is 0 Å². The number of benzene rings is 1. The minimum Gasteiger partial charge on any atom is -0.378 e. The molecule has 0 saturated heterocycles. The summed E-state index contributed by atoms with van der Waals surface area (Å²) in [6.45, 7) is 2.67. The standard InChI is InChI=1S/C18H26N2O5S/c1-4-25-17-12-16(18(17)9-5-6-10-18)19(2)14-8-7-13(26(3,23)24)11-15(14)20(21)22/h7-8,11,16-17H,4-6,9-10,12H2,1-3H3. The van der Waals surface area contributed by atoms with Gasteiger partial charge in [-0.25, -0.2) is 8.42 Å². The van der Waals surface area contributed by atoms with E-state index in [1.807, 2.05) is 18.9 Å². The van der Waals surface area contributed by atoms with Crippen molar-refractivity contribution >= 4 is 21.2 Å². The molecule has 1 aromatic rings. The average molecular weight is 382 g/mol. The molecule has 2 fully saturated rings. The van der Waals surface area contributed by atoms with Crippen LogP contribution in [0.15, 0.2) is 23.1 Å². The summed E-state index contributed by atoms with van der Waals surface area (Å²) in [6, 6.07) is 4.35. The van der Waals surface area contributed by atoms with Crippen molar-refractivity contribution in [1.29, 1.82) is 0 Å². The molecular formula is C18H26N2O5S. The fourth-order valence-electron chi connectivity index (χ4n) is 4.74. The van der Waals surface area contributed by atoms with Crippen molar-refractivity contribution in [2.24, 2.45) is 5.41 Å². The molecule has 0 aliphatic heterocycles. The van der Waals surface area contributed by atoms with Crippen LogP contribution in [0.25, 0.3) is 0 Å². The van der Waals surface area contributed by atoms with E-state index in [9.17, 15) is 18.5 Å². The van der Waals surface area contributed by atoms with E-state index in [0.717, 1.165) is 38.4 Å². The second-order valence-electron chi connectivity index (χ2n) is 7.43. The highest BCUT2D eigenvalue weighted by Crippen LogP contribution is 2.57. The maximum absolute atomic E-state index is 11.8. The van der Waals surface area contributed by atoms with Crippen LogP contribution in [-0.4, -0.2) is 45.4 Å². The van der Waals surface area contributed by atoms with Gasteiger partial charge in [0.25, 0.3) is 5.69 Å². The first kappa shape index (κ1) is 19.1. The highest BCUT2D eigenvalue weighted by Gasteiger charge is 2.58. The number of nitrogens with zero attached hydrogens (tertiary/aromatic N) is 2. The molecule has 0 bridgehead atoms. The molecule has 8 heteroatoms. The normalized spacial score (nSPS) is 24.4. The number of nitro benzene ring substituents is 1. The summed E-state index contributed by atoms with van der Waals surface area (Å²) >= 11 is 0. The summed E-state index contributed by atoms with van der Waals surface area (Å²) < 4.78 is 29.4.